The number of amides is 2. The van der Waals surface area contributed by atoms with E-state index >= 15 is 0 Å². The number of fused-ring (bicyclic) bond motifs is 1. The molecule has 0 saturated carbocycles. The van der Waals surface area contributed by atoms with E-state index in [2.05, 4.69) is 0 Å². The maximum Gasteiger partial charge on any atom is 0.259 e. The van der Waals surface area contributed by atoms with Crippen LogP contribution in [-0.2, 0) is 0 Å². The van der Waals surface area contributed by atoms with Gasteiger partial charge in [-0.25, -0.2) is 8.78 Å². The van der Waals surface area contributed by atoms with Crippen LogP contribution in [0.5, 0.6) is 0 Å². The molecule has 1 aliphatic rings. The van der Waals surface area contributed by atoms with Crippen LogP contribution in [0.3, 0.4) is 0 Å². The summed E-state index contributed by atoms with van der Waals surface area (Å²) in [6.45, 7) is 0. The first kappa shape index (κ1) is 11.5. The first-order valence-electron chi connectivity index (χ1n) is 5.52. The molecular formula is C14H7F2NO2. The molecule has 1 N–H and O–H groups in total. The third-order valence-electron chi connectivity index (χ3n) is 2.98. The second kappa shape index (κ2) is 3.98. The average Bonchev–Trinajstić information content (AvgIpc) is 2.67. The van der Waals surface area contributed by atoms with E-state index in [4.69, 9.17) is 0 Å². The quantitative estimate of drug-likeness (QED) is 0.800. The van der Waals surface area contributed by atoms with E-state index in [1.165, 1.54) is 0 Å². The molecule has 3 rings (SSSR count). The number of rotatable bonds is 1. The minimum Gasteiger partial charge on any atom is -0.288 e. The molecule has 0 spiro atoms. The molecule has 2 aromatic carbocycles. The molecule has 19 heavy (non-hydrogen) atoms. The molecule has 1 heterocycles. The fraction of sp³-hybridized carbons (Fsp3) is 0. The van der Waals surface area contributed by atoms with Crippen molar-refractivity contribution in [2.75, 3.05) is 0 Å². The van der Waals surface area contributed by atoms with E-state index in [0.29, 0.717) is 5.56 Å². The summed E-state index contributed by atoms with van der Waals surface area (Å²) >= 11 is 0. The number of hydrogen-bond donors (Lipinski definition) is 1. The topological polar surface area (TPSA) is 46.2 Å². The summed E-state index contributed by atoms with van der Waals surface area (Å²) in [5, 5.41) is 2.04. The van der Waals surface area contributed by atoms with Gasteiger partial charge in [-0.2, -0.15) is 0 Å². The summed E-state index contributed by atoms with van der Waals surface area (Å²) in [4.78, 5) is 23.2. The number of imide groups is 1. The van der Waals surface area contributed by atoms with Crippen LogP contribution >= 0.6 is 0 Å². The number of hydrogen-bond acceptors (Lipinski definition) is 2. The maximum atomic E-state index is 14.0. The Morgan fingerprint density at radius 1 is 0.895 bits per heavy atom. The molecule has 0 atom stereocenters. The van der Waals surface area contributed by atoms with Gasteiger partial charge in [0.05, 0.1) is 11.1 Å². The zero-order chi connectivity index (χ0) is 13.6. The highest BCUT2D eigenvalue weighted by atomic mass is 19.2. The van der Waals surface area contributed by atoms with E-state index in [0.717, 1.165) is 6.07 Å². The monoisotopic (exact) mass is 259 g/mol. The molecule has 3 nitrogen and oxygen atoms in total. The largest absolute Gasteiger partial charge is 0.288 e. The lowest BCUT2D eigenvalue weighted by atomic mass is 9.95. The average molecular weight is 259 g/mol. The lowest BCUT2D eigenvalue weighted by molar-refractivity contribution is 0.0879. The van der Waals surface area contributed by atoms with Crippen LogP contribution in [0.25, 0.3) is 11.1 Å². The van der Waals surface area contributed by atoms with Crippen molar-refractivity contribution in [1.82, 2.24) is 5.32 Å². The molecule has 94 valence electrons. The van der Waals surface area contributed by atoms with Gasteiger partial charge in [0.15, 0.2) is 11.6 Å². The molecule has 2 aromatic rings. The normalized spacial score (nSPS) is 13.4. The number of carbonyl (C=O) groups excluding carboxylic acids is 2. The molecule has 0 aromatic heterocycles. The van der Waals surface area contributed by atoms with Gasteiger partial charge in [0, 0.05) is 5.56 Å². The lowest BCUT2D eigenvalue weighted by Crippen LogP contribution is -2.20. The first-order chi connectivity index (χ1) is 9.09. The minimum atomic E-state index is -1.15. The van der Waals surface area contributed by atoms with Crippen LogP contribution < -0.4 is 5.32 Å². The van der Waals surface area contributed by atoms with E-state index in [1.54, 1.807) is 30.3 Å². The van der Waals surface area contributed by atoms with Gasteiger partial charge in [-0.15, -0.1) is 0 Å². The predicted octanol–water partition coefficient (Wildman–Crippen LogP) is 2.52. The Balaban J connectivity index is 2.39. The Hall–Kier alpha value is -2.56. The highest BCUT2D eigenvalue weighted by Crippen LogP contribution is 2.33. The second-order valence-corrected chi connectivity index (χ2v) is 4.12. The summed E-state index contributed by atoms with van der Waals surface area (Å²) in [6.07, 6.45) is 0. The Bertz CT molecular complexity index is 711. The van der Waals surface area contributed by atoms with Crippen LogP contribution in [0, 0.1) is 11.6 Å². The second-order valence-electron chi connectivity index (χ2n) is 4.12. The van der Waals surface area contributed by atoms with Crippen molar-refractivity contribution in [2.24, 2.45) is 0 Å². The fourth-order valence-corrected chi connectivity index (χ4v) is 2.15. The molecule has 0 saturated heterocycles. The van der Waals surface area contributed by atoms with Crippen molar-refractivity contribution in [3.63, 3.8) is 0 Å². The SMILES string of the molecule is O=C1NC(=O)c2c1cc(F)c(F)c2-c1ccccc1. The van der Waals surface area contributed by atoms with Crippen molar-refractivity contribution in [3.8, 4) is 11.1 Å². The predicted molar refractivity (Wildman–Crippen MR) is 63.6 cm³/mol. The molecule has 0 radical (unpaired) electrons. The van der Waals surface area contributed by atoms with Gasteiger partial charge in [-0.1, -0.05) is 30.3 Å². The third kappa shape index (κ3) is 1.62. The Morgan fingerprint density at radius 3 is 2.26 bits per heavy atom. The summed E-state index contributed by atoms with van der Waals surface area (Å²) in [7, 11) is 0. The molecule has 0 fully saturated rings. The maximum absolute atomic E-state index is 14.0. The Kier molecular flexibility index (Phi) is 2.41. The van der Waals surface area contributed by atoms with E-state index in [9.17, 15) is 18.4 Å². The third-order valence-corrected chi connectivity index (χ3v) is 2.98. The van der Waals surface area contributed by atoms with Crippen LogP contribution in [0.15, 0.2) is 36.4 Å². The summed E-state index contributed by atoms with van der Waals surface area (Å²) < 4.78 is 27.5. The van der Waals surface area contributed by atoms with Crippen LogP contribution in [0.1, 0.15) is 20.7 Å². The highest BCUT2D eigenvalue weighted by Gasteiger charge is 2.33. The van der Waals surface area contributed by atoms with Crippen LogP contribution in [0.4, 0.5) is 8.78 Å². The van der Waals surface area contributed by atoms with Crippen molar-refractivity contribution < 1.29 is 18.4 Å². The van der Waals surface area contributed by atoms with Gasteiger partial charge in [0.25, 0.3) is 11.8 Å². The van der Waals surface area contributed by atoms with Crippen molar-refractivity contribution >= 4 is 11.8 Å². The highest BCUT2D eigenvalue weighted by molar-refractivity contribution is 6.24. The summed E-state index contributed by atoms with van der Waals surface area (Å²) in [5.74, 6) is -3.70. The standard InChI is InChI=1S/C14H7F2NO2/c15-9-6-8-11(14(19)17-13(8)18)10(12(9)16)7-4-2-1-3-5-7/h1-6H,(H,17,18,19). The van der Waals surface area contributed by atoms with Crippen LogP contribution in [-0.4, -0.2) is 11.8 Å². The zero-order valence-corrected chi connectivity index (χ0v) is 9.54. The van der Waals surface area contributed by atoms with Gasteiger partial charge in [0.2, 0.25) is 0 Å². The minimum absolute atomic E-state index is 0.116. The van der Waals surface area contributed by atoms with Crippen molar-refractivity contribution in [3.05, 3.63) is 59.2 Å². The summed E-state index contributed by atoms with van der Waals surface area (Å²) in [6, 6.07) is 8.84. The van der Waals surface area contributed by atoms with Crippen molar-refractivity contribution in [1.29, 1.82) is 0 Å². The molecule has 0 bridgehead atoms. The molecule has 0 unspecified atom stereocenters. The number of benzene rings is 2. The molecule has 5 heteroatoms. The molecular weight excluding hydrogens is 252 g/mol. The first-order valence-corrected chi connectivity index (χ1v) is 5.52. The van der Waals surface area contributed by atoms with Gasteiger partial charge in [0.1, 0.15) is 0 Å². The van der Waals surface area contributed by atoms with Gasteiger partial charge >= 0.3 is 0 Å². The van der Waals surface area contributed by atoms with Crippen LogP contribution in [0.2, 0.25) is 0 Å². The Labute approximate surface area is 106 Å². The smallest absolute Gasteiger partial charge is 0.259 e. The van der Waals surface area contributed by atoms with E-state index in [1.807, 2.05) is 5.32 Å². The molecule has 2 amide bonds. The Morgan fingerprint density at radius 2 is 1.58 bits per heavy atom. The van der Waals surface area contributed by atoms with E-state index < -0.39 is 23.4 Å². The van der Waals surface area contributed by atoms with Gasteiger partial charge in [-0.3, -0.25) is 14.9 Å². The number of carbonyl (C=O) groups is 2. The number of nitrogens with one attached hydrogen (secondary N) is 1. The molecule has 0 aliphatic carbocycles. The van der Waals surface area contributed by atoms with Crippen molar-refractivity contribution in [2.45, 2.75) is 0 Å². The van der Waals surface area contributed by atoms with E-state index in [-0.39, 0.29) is 16.7 Å². The number of halogens is 2. The molecule has 1 aliphatic heterocycles. The summed E-state index contributed by atoms with van der Waals surface area (Å²) in [5.41, 5.74) is -0.0857. The van der Waals surface area contributed by atoms with Gasteiger partial charge < -0.3 is 0 Å². The van der Waals surface area contributed by atoms with Gasteiger partial charge in [-0.05, 0) is 11.6 Å². The zero-order valence-electron chi connectivity index (χ0n) is 9.54. The lowest BCUT2D eigenvalue weighted by Gasteiger charge is -2.08. The fourth-order valence-electron chi connectivity index (χ4n) is 2.15.